The highest BCUT2D eigenvalue weighted by Gasteiger charge is 2.24. The predicted octanol–water partition coefficient (Wildman–Crippen LogP) is 2.71. The fraction of sp³-hybridized carbons (Fsp3) is 0.350. The molecule has 0 aliphatic heterocycles. The van der Waals surface area contributed by atoms with E-state index >= 15 is 0 Å². The largest absolute Gasteiger partial charge is 0.497 e. The molecule has 2 rings (SSSR count). The number of ether oxygens (including phenoxy) is 2. The fourth-order valence-corrected chi connectivity index (χ4v) is 4.29. The lowest BCUT2D eigenvalue weighted by Gasteiger charge is -2.21. The smallest absolute Gasteiger partial charge is 0.255 e. The van der Waals surface area contributed by atoms with E-state index in [0.717, 1.165) is 0 Å². The van der Waals surface area contributed by atoms with E-state index in [1.54, 1.807) is 57.2 Å². The van der Waals surface area contributed by atoms with Crippen LogP contribution in [0.1, 0.15) is 36.7 Å². The van der Waals surface area contributed by atoms with E-state index in [4.69, 9.17) is 9.47 Å². The van der Waals surface area contributed by atoms with Crippen molar-refractivity contribution in [2.75, 3.05) is 14.2 Å². The number of nitrogens with one attached hydrogen (secondary N) is 2. The molecule has 0 bridgehead atoms. The standard InChI is InChI=1S/C20H26N2O5S/c1-20(2,3)22-28(24,25)18-9-7-6-8-14(18)13-21-19(23)16-11-10-15(26-4)12-17(16)27-5/h6-12,22H,13H2,1-5H3,(H,21,23). The summed E-state index contributed by atoms with van der Waals surface area (Å²) in [5.74, 6) is 0.556. The van der Waals surface area contributed by atoms with Gasteiger partial charge in [-0.3, -0.25) is 4.79 Å². The second-order valence-electron chi connectivity index (χ2n) is 7.21. The van der Waals surface area contributed by atoms with Crippen molar-refractivity contribution in [3.8, 4) is 11.5 Å². The van der Waals surface area contributed by atoms with Crippen LogP contribution in [-0.2, 0) is 16.6 Å². The molecule has 2 aromatic rings. The van der Waals surface area contributed by atoms with E-state index < -0.39 is 15.6 Å². The predicted molar refractivity (Wildman–Crippen MR) is 107 cm³/mol. The average Bonchev–Trinajstić information content (AvgIpc) is 2.63. The highest BCUT2D eigenvalue weighted by atomic mass is 32.2. The molecule has 0 heterocycles. The van der Waals surface area contributed by atoms with Crippen molar-refractivity contribution in [2.45, 2.75) is 37.8 Å². The van der Waals surface area contributed by atoms with Gasteiger partial charge in [0.1, 0.15) is 11.5 Å². The zero-order valence-corrected chi connectivity index (χ0v) is 17.5. The summed E-state index contributed by atoms with van der Waals surface area (Å²) in [7, 11) is -0.736. The van der Waals surface area contributed by atoms with Crippen LogP contribution >= 0.6 is 0 Å². The van der Waals surface area contributed by atoms with Gasteiger partial charge in [0.2, 0.25) is 10.0 Å². The van der Waals surface area contributed by atoms with Crippen LogP contribution in [0.15, 0.2) is 47.4 Å². The van der Waals surface area contributed by atoms with Crippen LogP contribution in [0, 0.1) is 0 Å². The third-order valence-electron chi connectivity index (χ3n) is 3.80. The van der Waals surface area contributed by atoms with Gasteiger partial charge in [-0.2, -0.15) is 0 Å². The quantitative estimate of drug-likeness (QED) is 0.737. The van der Waals surface area contributed by atoms with Crippen LogP contribution < -0.4 is 19.5 Å². The van der Waals surface area contributed by atoms with Crippen LogP contribution in [0.4, 0.5) is 0 Å². The van der Waals surface area contributed by atoms with Gasteiger partial charge in [-0.1, -0.05) is 18.2 Å². The first-order valence-electron chi connectivity index (χ1n) is 8.69. The molecular formula is C20H26N2O5S. The zero-order chi connectivity index (χ0) is 20.9. The highest BCUT2D eigenvalue weighted by molar-refractivity contribution is 7.89. The molecule has 2 aromatic carbocycles. The van der Waals surface area contributed by atoms with Gasteiger partial charge in [0.15, 0.2) is 0 Å². The maximum Gasteiger partial charge on any atom is 0.255 e. The van der Waals surface area contributed by atoms with E-state index in [0.29, 0.717) is 22.6 Å². The molecule has 0 unspecified atom stereocenters. The molecular weight excluding hydrogens is 380 g/mol. The number of benzene rings is 2. The van der Waals surface area contributed by atoms with Crippen molar-refractivity contribution in [1.82, 2.24) is 10.0 Å². The first kappa shape index (κ1) is 21.7. The molecule has 0 spiro atoms. The van der Waals surface area contributed by atoms with E-state index in [-0.39, 0.29) is 17.3 Å². The van der Waals surface area contributed by atoms with Crippen molar-refractivity contribution in [3.63, 3.8) is 0 Å². The van der Waals surface area contributed by atoms with Crippen molar-refractivity contribution < 1.29 is 22.7 Å². The number of methoxy groups -OCH3 is 2. The minimum atomic E-state index is -3.73. The number of hydrogen-bond acceptors (Lipinski definition) is 5. The molecule has 0 atom stereocenters. The molecule has 0 fully saturated rings. The summed E-state index contributed by atoms with van der Waals surface area (Å²) in [6.07, 6.45) is 0. The second-order valence-corrected chi connectivity index (χ2v) is 8.86. The van der Waals surface area contributed by atoms with E-state index in [2.05, 4.69) is 10.0 Å². The molecule has 0 saturated heterocycles. The Hall–Kier alpha value is -2.58. The first-order valence-corrected chi connectivity index (χ1v) is 10.2. The van der Waals surface area contributed by atoms with Gasteiger partial charge in [-0.25, -0.2) is 13.1 Å². The van der Waals surface area contributed by atoms with Crippen LogP contribution in [0.25, 0.3) is 0 Å². The van der Waals surface area contributed by atoms with Gasteiger partial charge in [0.25, 0.3) is 5.91 Å². The van der Waals surface area contributed by atoms with Crippen molar-refractivity contribution >= 4 is 15.9 Å². The molecule has 1 amide bonds. The third kappa shape index (κ3) is 5.46. The molecule has 0 radical (unpaired) electrons. The average molecular weight is 407 g/mol. The van der Waals surface area contributed by atoms with E-state index in [1.165, 1.54) is 20.3 Å². The summed E-state index contributed by atoms with van der Waals surface area (Å²) in [5, 5.41) is 2.75. The molecule has 0 aliphatic carbocycles. The Bertz CT molecular complexity index is 949. The van der Waals surface area contributed by atoms with Gasteiger partial charge in [-0.15, -0.1) is 0 Å². The maximum atomic E-state index is 12.7. The van der Waals surface area contributed by atoms with Gasteiger partial charge in [0.05, 0.1) is 24.7 Å². The number of amides is 1. The lowest BCUT2D eigenvalue weighted by atomic mass is 10.1. The number of carbonyl (C=O) groups excluding carboxylic acids is 1. The minimum absolute atomic E-state index is 0.0508. The maximum absolute atomic E-state index is 12.7. The summed E-state index contributed by atoms with van der Waals surface area (Å²) in [6.45, 7) is 5.36. The topological polar surface area (TPSA) is 93.7 Å². The van der Waals surface area contributed by atoms with Gasteiger partial charge in [-0.05, 0) is 44.5 Å². The van der Waals surface area contributed by atoms with E-state index in [9.17, 15) is 13.2 Å². The van der Waals surface area contributed by atoms with E-state index in [1.807, 2.05) is 0 Å². The summed E-state index contributed by atoms with van der Waals surface area (Å²) in [6, 6.07) is 11.4. The summed E-state index contributed by atoms with van der Waals surface area (Å²) < 4.78 is 38.4. The van der Waals surface area contributed by atoms with Crippen LogP contribution in [0.3, 0.4) is 0 Å². The van der Waals surface area contributed by atoms with Crippen LogP contribution in [-0.4, -0.2) is 34.1 Å². The zero-order valence-electron chi connectivity index (χ0n) is 16.7. The van der Waals surface area contributed by atoms with Crippen molar-refractivity contribution in [2.24, 2.45) is 0 Å². The Labute approximate surface area is 166 Å². The monoisotopic (exact) mass is 406 g/mol. The molecule has 28 heavy (non-hydrogen) atoms. The molecule has 8 heteroatoms. The lowest BCUT2D eigenvalue weighted by molar-refractivity contribution is 0.0947. The molecule has 152 valence electrons. The molecule has 2 N–H and O–H groups in total. The Morgan fingerprint density at radius 1 is 1.04 bits per heavy atom. The summed E-state index contributed by atoms with van der Waals surface area (Å²) in [4.78, 5) is 12.7. The Morgan fingerprint density at radius 3 is 2.32 bits per heavy atom. The van der Waals surface area contributed by atoms with Crippen LogP contribution in [0.2, 0.25) is 0 Å². The van der Waals surface area contributed by atoms with Gasteiger partial charge in [0, 0.05) is 18.2 Å². The highest BCUT2D eigenvalue weighted by Crippen LogP contribution is 2.25. The number of carbonyl (C=O) groups is 1. The Kier molecular flexibility index (Phi) is 6.69. The second kappa shape index (κ2) is 8.62. The number of hydrogen-bond donors (Lipinski definition) is 2. The van der Waals surface area contributed by atoms with Crippen molar-refractivity contribution in [1.29, 1.82) is 0 Å². The molecule has 0 aliphatic rings. The minimum Gasteiger partial charge on any atom is -0.497 e. The Morgan fingerprint density at radius 2 is 1.71 bits per heavy atom. The molecule has 0 aromatic heterocycles. The lowest BCUT2D eigenvalue weighted by Crippen LogP contribution is -2.41. The summed E-state index contributed by atoms with van der Waals surface area (Å²) in [5.41, 5.74) is 0.197. The third-order valence-corrected chi connectivity index (χ3v) is 5.65. The normalized spacial score (nSPS) is 11.8. The first-order chi connectivity index (χ1) is 13.1. The number of rotatable bonds is 7. The molecule has 7 nitrogen and oxygen atoms in total. The fourth-order valence-electron chi connectivity index (χ4n) is 2.63. The SMILES string of the molecule is COc1ccc(C(=O)NCc2ccccc2S(=O)(=O)NC(C)(C)C)c(OC)c1. The van der Waals surface area contributed by atoms with Crippen molar-refractivity contribution in [3.05, 3.63) is 53.6 Å². The Balaban J connectivity index is 2.23. The summed E-state index contributed by atoms with van der Waals surface area (Å²) >= 11 is 0. The van der Waals surface area contributed by atoms with Crippen LogP contribution in [0.5, 0.6) is 11.5 Å². The number of sulfonamides is 1. The van der Waals surface area contributed by atoms with Gasteiger partial charge < -0.3 is 14.8 Å². The van der Waals surface area contributed by atoms with Gasteiger partial charge >= 0.3 is 0 Å². The molecule has 0 saturated carbocycles.